The third kappa shape index (κ3) is 3.24. The molecule has 0 aliphatic rings. The van der Waals surface area contributed by atoms with E-state index in [0.29, 0.717) is 0 Å². The van der Waals surface area contributed by atoms with Crippen molar-refractivity contribution in [3.05, 3.63) is 57.8 Å². The molecule has 0 aliphatic heterocycles. The summed E-state index contributed by atoms with van der Waals surface area (Å²) in [6.07, 6.45) is 1.81. The number of hydrogen-bond donors (Lipinski definition) is 0. The second-order valence-corrected chi connectivity index (χ2v) is 5.53. The van der Waals surface area contributed by atoms with E-state index in [-0.39, 0.29) is 0 Å². The van der Waals surface area contributed by atoms with Crippen molar-refractivity contribution in [2.75, 3.05) is 0 Å². The van der Waals surface area contributed by atoms with Crippen LogP contribution in [0.25, 0.3) is 0 Å². The molecule has 0 atom stereocenters. The van der Waals surface area contributed by atoms with Gasteiger partial charge >= 0.3 is 0 Å². The third-order valence-electron chi connectivity index (χ3n) is 2.00. The molecule has 0 amide bonds. The number of aromatic nitrogens is 1. The minimum absolute atomic E-state index is 0.796. The SMILES string of the molecule is Clc1ccccc1SCc1ccc(Br)cn1. The highest BCUT2D eigenvalue weighted by Crippen LogP contribution is 2.28. The number of nitrogens with zero attached hydrogens (tertiary/aromatic N) is 1. The van der Waals surface area contributed by atoms with Crippen molar-refractivity contribution in [3.8, 4) is 0 Å². The highest BCUT2D eigenvalue weighted by atomic mass is 79.9. The van der Waals surface area contributed by atoms with E-state index in [1.54, 1.807) is 11.8 Å². The molecule has 4 heteroatoms. The van der Waals surface area contributed by atoms with Crippen molar-refractivity contribution in [1.29, 1.82) is 0 Å². The van der Waals surface area contributed by atoms with Gasteiger partial charge in [0.25, 0.3) is 0 Å². The van der Waals surface area contributed by atoms with Crippen LogP contribution in [0.15, 0.2) is 52.0 Å². The van der Waals surface area contributed by atoms with Gasteiger partial charge in [-0.3, -0.25) is 4.98 Å². The summed E-state index contributed by atoms with van der Waals surface area (Å²) in [4.78, 5) is 5.40. The topological polar surface area (TPSA) is 12.9 Å². The second-order valence-electron chi connectivity index (χ2n) is 3.19. The van der Waals surface area contributed by atoms with E-state index in [0.717, 1.165) is 25.8 Å². The summed E-state index contributed by atoms with van der Waals surface area (Å²) in [5.74, 6) is 0.830. The summed E-state index contributed by atoms with van der Waals surface area (Å²) in [6, 6.07) is 11.8. The zero-order valence-corrected chi connectivity index (χ0v) is 11.5. The number of hydrogen-bond acceptors (Lipinski definition) is 2. The lowest BCUT2D eigenvalue weighted by atomic mass is 10.4. The molecule has 0 saturated carbocycles. The number of benzene rings is 1. The first kappa shape index (κ1) is 12.0. The average molecular weight is 315 g/mol. The molecule has 1 heterocycles. The lowest BCUT2D eigenvalue weighted by molar-refractivity contribution is 1.16. The molecule has 0 bridgehead atoms. The number of halogens is 2. The standard InChI is InChI=1S/C12H9BrClNS/c13-9-5-6-10(15-7-9)8-16-12-4-2-1-3-11(12)14/h1-7H,8H2. The van der Waals surface area contributed by atoms with Crippen molar-refractivity contribution < 1.29 is 0 Å². The molecule has 0 aliphatic carbocycles. The van der Waals surface area contributed by atoms with Gasteiger partial charge < -0.3 is 0 Å². The minimum Gasteiger partial charge on any atom is -0.259 e. The summed E-state index contributed by atoms with van der Waals surface area (Å²) in [5.41, 5.74) is 1.05. The molecule has 1 aromatic heterocycles. The van der Waals surface area contributed by atoms with Crippen molar-refractivity contribution in [2.45, 2.75) is 10.6 Å². The van der Waals surface area contributed by atoms with Crippen LogP contribution < -0.4 is 0 Å². The lowest BCUT2D eigenvalue weighted by Crippen LogP contribution is -1.85. The van der Waals surface area contributed by atoms with E-state index in [9.17, 15) is 0 Å². The molecular weight excluding hydrogens is 306 g/mol. The van der Waals surface area contributed by atoms with Gasteiger partial charge in [-0.15, -0.1) is 11.8 Å². The number of thioether (sulfide) groups is 1. The van der Waals surface area contributed by atoms with Gasteiger partial charge in [-0.25, -0.2) is 0 Å². The van der Waals surface area contributed by atoms with Crippen LogP contribution in [-0.4, -0.2) is 4.98 Å². The first-order valence-electron chi connectivity index (χ1n) is 4.73. The summed E-state index contributed by atoms with van der Waals surface area (Å²) in [5, 5.41) is 0.796. The quantitative estimate of drug-likeness (QED) is 0.756. The fourth-order valence-corrected chi connectivity index (χ4v) is 2.59. The third-order valence-corrected chi connectivity index (χ3v) is 4.02. The van der Waals surface area contributed by atoms with Gasteiger partial charge in [-0.2, -0.15) is 0 Å². The Bertz CT molecular complexity index is 473. The summed E-state index contributed by atoms with van der Waals surface area (Å²) in [6.45, 7) is 0. The molecule has 1 aromatic carbocycles. The van der Waals surface area contributed by atoms with Gasteiger partial charge in [0.05, 0.1) is 10.7 Å². The van der Waals surface area contributed by atoms with Crippen LogP contribution in [0.5, 0.6) is 0 Å². The Kier molecular flexibility index (Phi) is 4.27. The molecule has 0 radical (unpaired) electrons. The molecule has 82 valence electrons. The normalized spacial score (nSPS) is 10.4. The Balaban J connectivity index is 2.02. The molecule has 2 rings (SSSR count). The predicted octanol–water partition coefficient (Wildman–Crippen LogP) is 4.79. The first-order chi connectivity index (χ1) is 7.75. The maximum atomic E-state index is 6.07. The Morgan fingerprint density at radius 3 is 2.69 bits per heavy atom. The van der Waals surface area contributed by atoms with Gasteiger partial charge in [-0.1, -0.05) is 23.7 Å². The maximum Gasteiger partial charge on any atom is 0.0541 e. The molecule has 0 saturated heterocycles. The van der Waals surface area contributed by atoms with Crippen LogP contribution >= 0.6 is 39.3 Å². The van der Waals surface area contributed by atoms with Crippen LogP contribution in [0.1, 0.15) is 5.69 Å². The number of pyridine rings is 1. The van der Waals surface area contributed by atoms with Gasteiger partial charge in [0, 0.05) is 21.3 Å². The fourth-order valence-electron chi connectivity index (χ4n) is 1.21. The van der Waals surface area contributed by atoms with Crippen LogP contribution in [0.2, 0.25) is 5.02 Å². The Labute approximate surface area is 112 Å². The predicted molar refractivity (Wildman–Crippen MR) is 73.0 cm³/mol. The molecule has 0 spiro atoms. The molecular formula is C12H9BrClNS. The van der Waals surface area contributed by atoms with Crippen LogP contribution in [-0.2, 0) is 5.75 Å². The summed E-state index contributed by atoms with van der Waals surface area (Å²) in [7, 11) is 0. The summed E-state index contributed by atoms with van der Waals surface area (Å²) >= 11 is 11.1. The van der Waals surface area contributed by atoms with Gasteiger partial charge in [0.1, 0.15) is 0 Å². The Hall–Kier alpha value is -0.510. The van der Waals surface area contributed by atoms with Crippen molar-refractivity contribution in [3.63, 3.8) is 0 Å². The monoisotopic (exact) mass is 313 g/mol. The van der Waals surface area contributed by atoms with Crippen LogP contribution in [0.4, 0.5) is 0 Å². The highest BCUT2D eigenvalue weighted by molar-refractivity contribution is 9.10. The van der Waals surface area contributed by atoms with Crippen molar-refractivity contribution >= 4 is 39.3 Å². The molecule has 0 unspecified atom stereocenters. The van der Waals surface area contributed by atoms with E-state index in [1.165, 1.54) is 0 Å². The van der Waals surface area contributed by atoms with Gasteiger partial charge in [-0.05, 0) is 40.2 Å². The summed E-state index contributed by atoms with van der Waals surface area (Å²) < 4.78 is 0.999. The van der Waals surface area contributed by atoms with E-state index in [2.05, 4.69) is 20.9 Å². The Morgan fingerprint density at radius 2 is 2.00 bits per heavy atom. The van der Waals surface area contributed by atoms with Crippen LogP contribution in [0, 0.1) is 0 Å². The van der Waals surface area contributed by atoms with Crippen molar-refractivity contribution in [2.24, 2.45) is 0 Å². The first-order valence-corrected chi connectivity index (χ1v) is 6.89. The van der Waals surface area contributed by atoms with E-state index >= 15 is 0 Å². The maximum absolute atomic E-state index is 6.07. The molecule has 1 nitrogen and oxygen atoms in total. The fraction of sp³-hybridized carbons (Fsp3) is 0.0833. The Morgan fingerprint density at radius 1 is 1.19 bits per heavy atom. The van der Waals surface area contributed by atoms with E-state index in [1.807, 2.05) is 42.6 Å². The zero-order chi connectivity index (χ0) is 11.4. The molecule has 16 heavy (non-hydrogen) atoms. The van der Waals surface area contributed by atoms with Crippen molar-refractivity contribution in [1.82, 2.24) is 4.98 Å². The largest absolute Gasteiger partial charge is 0.259 e. The zero-order valence-electron chi connectivity index (χ0n) is 8.36. The van der Waals surface area contributed by atoms with E-state index in [4.69, 9.17) is 11.6 Å². The van der Waals surface area contributed by atoms with Gasteiger partial charge in [0.15, 0.2) is 0 Å². The van der Waals surface area contributed by atoms with Crippen LogP contribution in [0.3, 0.4) is 0 Å². The smallest absolute Gasteiger partial charge is 0.0541 e. The second kappa shape index (κ2) is 5.71. The minimum atomic E-state index is 0.796. The average Bonchev–Trinajstić information content (AvgIpc) is 2.30. The number of rotatable bonds is 3. The molecule has 0 fully saturated rings. The van der Waals surface area contributed by atoms with E-state index < -0.39 is 0 Å². The lowest BCUT2D eigenvalue weighted by Gasteiger charge is -2.03. The molecule has 2 aromatic rings. The highest BCUT2D eigenvalue weighted by Gasteiger charge is 2.01. The van der Waals surface area contributed by atoms with Gasteiger partial charge in [0.2, 0.25) is 0 Å². The molecule has 0 N–H and O–H groups in total.